The highest BCUT2D eigenvalue weighted by Gasteiger charge is 2.49. The molecule has 0 bridgehead atoms. The first kappa shape index (κ1) is 24.5. The molecule has 0 amide bonds. The molecular weight excluding hydrogens is 477 g/mol. The van der Waals surface area contributed by atoms with Crippen molar-refractivity contribution in [3.63, 3.8) is 0 Å². The maximum absolute atomic E-state index is 14.5. The zero-order chi connectivity index (χ0) is 26.1. The van der Waals surface area contributed by atoms with Crippen LogP contribution in [0.15, 0.2) is 18.2 Å². The molecular formula is C25H24FNO9. The predicted molar refractivity (Wildman–Crippen MR) is 119 cm³/mol. The van der Waals surface area contributed by atoms with Crippen LogP contribution in [0.1, 0.15) is 68.8 Å². The number of ketones is 3. The number of rotatable bonds is 3. The van der Waals surface area contributed by atoms with Crippen LogP contribution in [0.5, 0.6) is 11.5 Å². The number of aromatic hydroxyl groups is 2. The molecule has 2 aromatic carbocycles. The van der Waals surface area contributed by atoms with Gasteiger partial charge in [-0.05, 0) is 13.0 Å². The Balaban J connectivity index is 1.68. The zero-order valence-corrected chi connectivity index (χ0v) is 19.2. The molecule has 6 N–H and O–H groups in total. The fraction of sp³-hybridized carbons (Fsp3) is 0.400. The van der Waals surface area contributed by atoms with Gasteiger partial charge < -0.3 is 35.6 Å². The minimum atomic E-state index is -2.03. The van der Waals surface area contributed by atoms with E-state index in [1.165, 1.54) is 12.1 Å². The Bertz CT molecular complexity index is 1330. The topological polar surface area (TPSA) is 177 Å². The lowest BCUT2D eigenvalue weighted by molar-refractivity contribution is -0.223. The third kappa shape index (κ3) is 3.54. The van der Waals surface area contributed by atoms with E-state index in [4.69, 9.17) is 15.2 Å². The fourth-order valence-corrected chi connectivity index (χ4v) is 5.18. The number of carbonyl (C=O) groups is 3. The van der Waals surface area contributed by atoms with Gasteiger partial charge >= 0.3 is 0 Å². The second-order valence-electron chi connectivity index (χ2n) is 9.48. The Labute approximate surface area is 204 Å². The van der Waals surface area contributed by atoms with Crippen molar-refractivity contribution in [2.24, 2.45) is 5.73 Å². The molecule has 0 radical (unpaired) electrons. The summed E-state index contributed by atoms with van der Waals surface area (Å²) in [6.45, 7) is 1.00. The molecule has 0 saturated carbocycles. The summed E-state index contributed by atoms with van der Waals surface area (Å²) in [5, 5.41) is 43.3. The third-order valence-electron chi connectivity index (χ3n) is 7.23. The lowest BCUT2D eigenvalue weighted by Crippen LogP contribution is -2.49. The number of benzene rings is 2. The molecule has 1 heterocycles. The number of fused-ring (bicyclic) bond motifs is 3. The van der Waals surface area contributed by atoms with Crippen molar-refractivity contribution in [2.45, 2.75) is 56.3 Å². The van der Waals surface area contributed by atoms with Gasteiger partial charge in [-0.15, -0.1) is 0 Å². The molecule has 5 atom stereocenters. The Morgan fingerprint density at radius 3 is 2.53 bits per heavy atom. The number of phenols is 2. The summed E-state index contributed by atoms with van der Waals surface area (Å²) < 4.78 is 25.9. The molecule has 10 nitrogen and oxygen atoms in total. The molecule has 0 unspecified atom stereocenters. The summed E-state index contributed by atoms with van der Waals surface area (Å²) in [5.74, 6) is -4.94. The van der Waals surface area contributed by atoms with Gasteiger partial charge in [-0.25, -0.2) is 4.39 Å². The zero-order valence-electron chi connectivity index (χ0n) is 19.2. The smallest absolute Gasteiger partial charge is 0.201 e. The highest BCUT2D eigenvalue weighted by molar-refractivity contribution is 6.30. The van der Waals surface area contributed by atoms with Crippen molar-refractivity contribution in [3.8, 4) is 11.5 Å². The van der Waals surface area contributed by atoms with Gasteiger partial charge in [-0.2, -0.15) is 0 Å². The van der Waals surface area contributed by atoms with Gasteiger partial charge in [0.25, 0.3) is 0 Å². The molecule has 11 heteroatoms. The van der Waals surface area contributed by atoms with E-state index in [0.29, 0.717) is 0 Å². The van der Waals surface area contributed by atoms with E-state index in [9.17, 15) is 39.2 Å². The number of carbonyl (C=O) groups excluding carboxylic acids is 3. The maximum atomic E-state index is 14.5. The van der Waals surface area contributed by atoms with Crippen LogP contribution in [-0.4, -0.2) is 68.4 Å². The second kappa shape index (κ2) is 8.43. The highest BCUT2D eigenvalue weighted by Crippen LogP contribution is 2.52. The van der Waals surface area contributed by atoms with Crippen molar-refractivity contribution in [1.82, 2.24) is 0 Å². The molecule has 1 aliphatic heterocycles. The number of aliphatic hydroxyl groups is 2. The van der Waals surface area contributed by atoms with Crippen LogP contribution in [0, 0.1) is 5.82 Å². The molecule has 190 valence electrons. The van der Waals surface area contributed by atoms with Crippen LogP contribution in [0.2, 0.25) is 0 Å². The predicted octanol–water partition coefficient (Wildman–Crippen LogP) is 0.771. The van der Waals surface area contributed by atoms with Crippen molar-refractivity contribution in [3.05, 3.63) is 57.4 Å². The Hall–Kier alpha value is -3.22. The van der Waals surface area contributed by atoms with E-state index in [2.05, 4.69) is 0 Å². The van der Waals surface area contributed by atoms with E-state index in [1.54, 1.807) is 0 Å². The molecule has 36 heavy (non-hydrogen) atoms. The number of ether oxygens (including phenoxy) is 2. The first-order valence-electron chi connectivity index (χ1n) is 11.4. The Morgan fingerprint density at radius 2 is 1.86 bits per heavy atom. The summed E-state index contributed by atoms with van der Waals surface area (Å²) in [5.41, 5.74) is 1.63. The van der Waals surface area contributed by atoms with Gasteiger partial charge in [-0.1, -0.05) is 12.1 Å². The largest absolute Gasteiger partial charge is 0.507 e. The number of aliphatic hydroxyl groups excluding tert-OH is 1. The second-order valence-corrected chi connectivity index (χ2v) is 9.48. The summed E-state index contributed by atoms with van der Waals surface area (Å²) in [6.07, 6.45) is -4.02. The van der Waals surface area contributed by atoms with Crippen molar-refractivity contribution >= 4 is 17.3 Å². The molecule has 2 aliphatic carbocycles. The first-order valence-corrected chi connectivity index (χ1v) is 11.4. The quantitative estimate of drug-likeness (QED) is 0.322. The van der Waals surface area contributed by atoms with Gasteiger partial charge in [0.1, 0.15) is 22.9 Å². The summed E-state index contributed by atoms with van der Waals surface area (Å²) in [4.78, 5) is 38.9. The van der Waals surface area contributed by atoms with Gasteiger partial charge in [0.15, 0.2) is 17.9 Å². The summed E-state index contributed by atoms with van der Waals surface area (Å²) in [6, 6.07) is 2.78. The molecule has 2 aromatic rings. The first-order chi connectivity index (χ1) is 16.9. The Morgan fingerprint density at radius 1 is 1.17 bits per heavy atom. The van der Waals surface area contributed by atoms with Crippen LogP contribution in [-0.2, 0) is 20.7 Å². The van der Waals surface area contributed by atoms with Gasteiger partial charge in [0.2, 0.25) is 5.78 Å². The number of nitrogens with two attached hydrogens (primary N) is 1. The molecule has 0 spiro atoms. The molecule has 1 fully saturated rings. The Kier molecular flexibility index (Phi) is 5.73. The van der Waals surface area contributed by atoms with E-state index >= 15 is 0 Å². The number of halogens is 1. The number of Topliss-reactive ketones (excluding diaryl/α,β-unsaturated/α-hetero) is 1. The minimum Gasteiger partial charge on any atom is -0.507 e. The number of phenolic OH excluding ortho intramolecular Hbond substituents is 2. The van der Waals surface area contributed by atoms with Crippen LogP contribution < -0.4 is 5.73 Å². The van der Waals surface area contributed by atoms with Crippen molar-refractivity contribution < 1.29 is 48.7 Å². The molecule has 5 rings (SSSR count). The number of hydrogen-bond donors (Lipinski definition) is 5. The molecule has 0 aromatic heterocycles. The van der Waals surface area contributed by atoms with Gasteiger partial charge in [0.05, 0.1) is 35.5 Å². The monoisotopic (exact) mass is 501 g/mol. The SMILES string of the molecule is CC(=O)[C@]1(O)Cc2c(O)c3c(c(O)c2[C@@H](O[C@H]2C[C@H](N)[C@H](O)CO2)C1)C(=O)c1c(F)cccc1C3=O. The van der Waals surface area contributed by atoms with E-state index in [-0.39, 0.29) is 36.1 Å². The fourth-order valence-electron chi connectivity index (χ4n) is 5.18. The van der Waals surface area contributed by atoms with Gasteiger partial charge in [-0.3, -0.25) is 14.4 Å². The average Bonchev–Trinajstić information content (AvgIpc) is 2.81. The van der Waals surface area contributed by atoms with E-state index < -0.39 is 87.9 Å². The van der Waals surface area contributed by atoms with E-state index in [0.717, 1.165) is 13.0 Å². The van der Waals surface area contributed by atoms with E-state index in [1.807, 2.05) is 0 Å². The van der Waals surface area contributed by atoms with Crippen LogP contribution in [0.3, 0.4) is 0 Å². The number of hydrogen-bond acceptors (Lipinski definition) is 10. The van der Waals surface area contributed by atoms with Crippen LogP contribution in [0.25, 0.3) is 0 Å². The lowest BCUT2D eigenvalue weighted by atomic mass is 9.72. The maximum Gasteiger partial charge on any atom is 0.201 e. The average molecular weight is 501 g/mol. The van der Waals surface area contributed by atoms with Crippen LogP contribution >= 0.6 is 0 Å². The molecule has 1 saturated heterocycles. The lowest BCUT2D eigenvalue weighted by Gasteiger charge is -2.40. The van der Waals surface area contributed by atoms with Gasteiger partial charge in [0, 0.05) is 42.0 Å². The summed E-state index contributed by atoms with van der Waals surface area (Å²) >= 11 is 0. The third-order valence-corrected chi connectivity index (χ3v) is 7.23. The summed E-state index contributed by atoms with van der Waals surface area (Å²) in [7, 11) is 0. The standard InChI is InChI=1S/C25H24FNO9/c1-9(28)25(34)6-11-18(15(7-25)36-16-5-13(27)14(29)8-35-16)24(33)20-19(22(11)31)21(30)10-3-2-4-12(26)17(10)23(20)32/h2-4,13-16,29,31,33-34H,5-8,27H2,1H3/t13-,14+,15-,16-,25-/m0/s1. The highest BCUT2D eigenvalue weighted by atomic mass is 19.1. The van der Waals surface area contributed by atoms with Crippen LogP contribution in [0.4, 0.5) is 4.39 Å². The molecule has 3 aliphatic rings. The normalized spacial score (nSPS) is 29.4. The minimum absolute atomic E-state index is 0.0409. The van der Waals surface area contributed by atoms with Crippen molar-refractivity contribution in [2.75, 3.05) is 6.61 Å². The van der Waals surface area contributed by atoms with Crippen molar-refractivity contribution in [1.29, 1.82) is 0 Å².